The second-order valence-electron chi connectivity index (χ2n) is 6.78. The molecule has 0 saturated heterocycles. The predicted octanol–water partition coefficient (Wildman–Crippen LogP) is 4.70. The molecule has 0 aliphatic heterocycles. The lowest BCUT2D eigenvalue weighted by molar-refractivity contribution is 0.0323. The molecule has 26 heavy (non-hydrogen) atoms. The highest BCUT2D eigenvalue weighted by molar-refractivity contribution is 7.14. The summed E-state index contributed by atoms with van der Waals surface area (Å²) in [6.07, 6.45) is 2.38. The molecule has 4 nitrogen and oxygen atoms in total. The SMILES string of the molecule is CCOc1ccc(C(=O)[C@@H](C)OC(=O)c2cc3c(s2)CC[C@@H](C)C3)cc1. The van der Waals surface area contributed by atoms with E-state index in [1.807, 2.05) is 13.0 Å². The van der Waals surface area contributed by atoms with E-state index in [2.05, 4.69) is 6.92 Å². The van der Waals surface area contributed by atoms with Gasteiger partial charge in [0.05, 0.1) is 6.61 Å². The van der Waals surface area contributed by atoms with E-state index in [0.717, 1.165) is 19.3 Å². The minimum Gasteiger partial charge on any atom is -0.494 e. The van der Waals surface area contributed by atoms with Crippen LogP contribution in [0.2, 0.25) is 0 Å². The van der Waals surface area contributed by atoms with Gasteiger partial charge in [-0.3, -0.25) is 4.79 Å². The van der Waals surface area contributed by atoms with E-state index in [1.54, 1.807) is 31.2 Å². The Morgan fingerprint density at radius 1 is 1.27 bits per heavy atom. The number of esters is 1. The van der Waals surface area contributed by atoms with Gasteiger partial charge in [-0.1, -0.05) is 6.92 Å². The van der Waals surface area contributed by atoms with Gasteiger partial charge in [0.25, 0.3) is 0 Å². The Morgan fingerprint density at radius 2 is 2.00 bits per heavy atom. The third kappa shape index (κ3) is 4.15. The molecule has 0 unspecified atom stereocenters. The van der Waals surface area contributed by atoms with Crippen LogP contribution in [0.3, 0.4) is 0 Å². The maximum atomic E-state index is 12.5. The molecule has 2 atom stereocenters. The molecule has 138 valence electrons. The first-order valence-corrected chi connectivity index (χ1v) is 9.89. The number of carbonyl (C=O) groups is 2. The molecule has 0 spiro atoms. The van der Waals surface area contributed by atoms with Crippen molar-refractivity contribution in [1.29, 1.82) is 0 Å². The summed E-state index contributed by atoms with van der Waals surface area (Å²) in [7, 11) is 0. The summed E-state index contributed by atoms with van der Waals surface area (Å²) in [6.45, 7) is 6.33. The number of hydrogen-bond donors (Lipinski definition) is 0. The van der Waals surface area contributed by atoms with Crippen LogP contribution in [0.4, 0.5) is 0 Å². The first kappa shape index (κ1) is 18.6. The fourth-order valence-corrected chi connectivity index (χ4v) is 4.29. The van der Waals surface area contributed by atoms with Crippen molar-refractivity contribution in [1.82, 2.24) is 0 Å². The lowest BCUT2D eigenvalue weighted by Crippen LogP contribution is -2.24. The molecular weight excluding hydrogens is 348 g/mol. The van der Waals surface area contributed by atoms with Crippen molar-refractivity contribution in [3.05, 3.63) is 51.2 Å². The van der Waals surface area contributed by atoms with Crippen molar-refractivity contribution < 1.29 is 19.1 Å². The maximum absolute atomic E-state index is 12.5. The van der Waals surface area contributed by atoms with Crippen molar-refractivity contribution in [2.45, 2.75) is 46.1 Å². The maximum Gasteiger partial charge on any atom is 0.349 e. The number of Topliss-reactive ketones (excluding diaryl/α,β-unsaturated/α-hetero) is 1. The highest BCUT2D eigenvalue weighted by Crippen LogP contribution is 2.32. The minimum absolute atomic E-state index is 0.212. The normalized spacial score (nSPS) is 17.3. The molecule has 0 N–H and O–H groups in total. The number of benzene rings is 1. The lowest BCUT2D eigenvalue weighted by Gasteiger charge is -2.16. The Hall–Kier alpha value is -2.14. The van der Waals surface area contributed by atoms with Crippen molar-refractivity contribution >= 4 is 23.1 Å². The molecule has 1 aliphatic rings. The molecule has 0 amide bonds. The molecule has 0 saturated carbocycles. The number of rotatable bonds is 6. The molecule has 5 heteroatoms. The zero-order chi connectivity index (χ0) is 18.7. The van der Waals surface area contributed by atoms with Crippen LogP contribution < -0.4 is 4.74 Å². The summed E-state index contributed by atoms with van der Waals surface area (Å²) in [5.74, 6) is 0.744. The average Bonchev–Trinajstić information content (AvgIpc) is 3.05. The number of aryl methyl sites for hydroxylation is 1. The second-order valence-corrected chi connectivity index (χ2v) is 7.91. The Kier molecular flexibility index (Phi) is 5.77. The van der Waals surface area contributed by atoms with Crippen LogP contribution in [0.5, 0.6) is 5.75 Å². The van der Waals surface area contributed by atoms with E-state index in [9.17, 15) is 9.59 Å². The van der Waals surface area contributed by atoms with E-state index in [-0.39, 0.29) is 5.78 Å². The molecule has 3 rings (SSSR count). The standard InChI is InChI=1S/C21H24O4S/c1-4-24-17-8-6-15(7-9-17)20(22)14(3)25-21(23)19-12-16-11-13(2)5-10-18(16)26-19/h6-9,12-14H,4-5,10-11H2,1-3H3/t13-,14-/m1/s1. The first-order chi connectivity index (χ1) is 12.5. The van der Waals surface area contributed by atoms with Crippen LogP contribution in [0.15, 0.2) is 30.3 Å². The van der Waals surface area contributed by atoms with Gasteiger partial charge in [-0.25, -0.2) is 4.79 Å². The van der Waals surface area contributed by atoms with Crippen LogP contribution in [-0.2, 0) is 17.6 Å². The van der Waals surface area contributed by atoms with Crippen LogP contribution in [0, 0.1) is 5.92 Å². The van der Waals surface area contributed by atoms with Crippen LogP contribution in [-0.4, -0.2) is 24.5 Å². The van der Waals surface area contributed by atoms with E-state index in [0.29, 0.717) is 28.7 Å². The molecule has 2 aromatic rings. The zero-order valence-electron chi connectivity index (χ0n) is 15.4. The highest BCUT2D eigenvalue weighted by atomic mass is 32.1. The van der Waals surface area contributed by atoms with Gasteiger partial charge in [-0.05, 0) is 74.9 Å². The number of fused-ring (bicyclic) bond motifs is 1. The molecule has 0 bridgehead atoms. The molecule has 1 aliphatic carbocycles. The van der Waals surface area contributed by atoms with Crippen molar-refractivity contribution in [2.24, 2.45) is 5.92 Å². The summed E-state index contributed by atoms with van der Waals surface area (Å²) in [5, 5.41) is 0. The Labute approximate surface area is 158 Å². The van der Waals surface area contributed by atoms with Gasteiger partial charge in [0.1, 0.15) is 10.6 Å². The highest BCUT2D eigenvalue weighted by Gasteiger charge is 2.24. The third-order valence-electron chi connectivity index (χ3n) is 4.63. The van der Waals surface area contributed by atoms with Crippen molar-refractivity contribution in [3.8, 4) is 5.75 Å². The summed E-state index contributed by atoms with van der Waals surface area (Å²) < 4.78 is 10.8. The Balaban J connectivity index is 1.64. The van der Waals surface area contributed by atoms with E-state index < -0.39 is 12.1 Å². The number of ether oxygens (including phenoxy) is 2. The first-order valence-electron chi connectivity index (χ1n) is 9.07. The number of ketones is 1. The average molecular weight is 372 g/mol. The molecular formula is C21H24O4S. The molecule has 1 aromatic heterocycles. The molecule has 1 aromatic carbocycles. The summed E-state index contributed by atoms with van der Waals surface area (Å²) >= 11 is 1.50. The minimum atomic E-state index is -0.821. The Morgan fingerprint density at radius 3 is 2.69 bits per heavy atom. The van der Waals surface area contributed by atoms with Gasteiger partial charge < -0.3 is 9.47 Å². The van der Waals surface area contributed by atoms with Crippen LogP contribution in [0.1, 0.15) is 57.7 Å². The van der Waals surface area contributed by atoms with Gasteiger partial charge in [-0.2, -0.15) is 0 Å². The van der Waals surface area contributed by atoms with Crippen molar-refractivity contribution in [3.63, 3.8) is 0 Å². The zero-order valence-corrected chi connectivity index (χ0v) is 16.2. The van der Waals surface area contributed by atoms with E-state index in [4.69, 9.17) is 9.47 Å². The topological polar surface area (TPSA) is 52.6 Å². The monoisotopic (exact) mass is 372 g/mol. The van der Waals surface area contributed by atoms with Gasteiger partial charge in [-0.15, -0.1) is 11.3 Å². The largest absolute Gasteiger partial charge is 0.494 e. The van der Waals surface area contributed by atoms with Crippen LogP contribution in [0.25, 0.3) is 0 Å². The molecule has 0 radical (unpaired) electrons. The summed E-state index contributed by atoms with van der Waals surface area (Å²) in [5.41, 5.74) is 1.76. The van der Waals surface area contributed by atoms with Gasteiger partial charge in [0.15, 0.2) is 6.10 Å². The van der Waals surface area contributed by atoms with E-state index >= 15 is 0 Å². The quantitative estimate of drug-likeness (QED) is 0.545. The van der Waals surface area contributed by atoms with Crippen LogP contribution >= 0.6 is 11.3 Å². The number of hydrogen-bond acceptors (Lipinski definition) is 5. The van der Waals surface area contributed by atoms with E-state index in [1.165, 1.54) is 21.8 Å². The third-order valence-corrected chi connectivity index (χ3v) is 5.85. The predicted molar refractivity (Wildman–Crippen MR) is 102 cm³/mol. The molecule has 1 heterocycles. The van der Waals surface area contributed by atoms with Gasteiger partial charge in [0, 0.05) is 10.4 Å². The lowest BCUT2D eigenvalue weighted by atomic mass is 9.90. The summed E-state index contributed by atoms with van der Waals surface area (Å²) in [4.78, 5) is 26.8. The van der Waals surface area contributed by atoms with Gasteiger partial charge in [0.2, 0.25) is 5.78 Å². The summed E-state index contributed by atoms with van der Waals surface area (Å²) in [6, 6.07) is 8.83. The Bertz CT molecular complexity index is 791. The van der Waals surface area contributed by atoms with Gasteiger partial charge >= 0.3 is 5.97 Å². The number of thiophene rings is 1. The molecule has 0 fully saturated rings. The second kappa shape index (κ2) is 8.04. The van der Waals surface area contributed by atoms with Crippen molar-refractivity contribution in [2.75, 3.05) is 6.61 Å². The fraction of sp³-hybridized carbons (Fsp3) is 0.429. The number of carbonyl (C=O) groups excluding carboxylic acids is 2. The fourth-order valence-electron chi connectivity index (χ4n) is 3.20. The smallest absolute Gasteiger partial charge is 0.349 e.